The van der Waals surface area contributed by atoms with E-state index < -0.39 is 0 Å². The molecule has 0 radical (unpaired) electrons. The zero-order valence-electron chi connectivity index (χ0n) is 40.5. The minimum atomic E-state index is 0. The average molecular weight is 1100 g/mol. The van der Waals surface area contributed by atoms with Crippen molar-refractivity contribution in [3.63, 3.8) is 0 Å². The number of benzene rings is 6. The second-order valence-corrected chi connectivity index (χ2v) is 16.8. The van der Waals surface area contributed by atoms with E-state index in [1.165, 1.54) is 33.4 Å². The Labute approximate surface area is 464 Å². The number of aromatic nitrogens is 6. The molecule has 0 spiro atoms. The monoisotopic (exact) mass is 1100 g/mol. The van der Waals surface area contributed by atoms with Crippen molar-refractivity contribution in [2.45, 2.75) is 0 Å². The molecule has 6 heterocycles. The SMILES string of the molecule is [Cl-].[Cl-].[Ru+2].c1ccc(-c2ccnc(-c3cc(-c4ccccc4)ccn3)c2)cc1.c1ccc(-c2ccnc(-c3cc(-c4ccccc4)ccn3)c2)cc1.c1ccc(-c2ccnc(-c3cc(-c4ccccc4)ccn3)c2)cc1. The van der Waals surface area contributed by atoms with Crippen LogP contribution in [0.4, 0.5) is 0 Å². The number of hydrogen-bond acceptors (Lipinski definition) is 6. The molecule has 12 aromatic rings. The standard InChI is InChI=1S/3C22H16N2.2ClH.Ru/c3*1-3-7-17(8-4-1)19-11-13-23-21(15-19)22-16-20(12-14-24-22)18-9-5-2-6-10-18;;;/h3*1-16H;2*1H;/q;;;;;+2/p-2. The van der Waals surface area contributed by atoms with Crippen LogP contribution in [-0.4, -0.2) is 29.9 Å². The molecule has 75 heavy (non-hydrogen) atoms. The second kappa shape index (κ2) is 27.5. The fourth-order valence-electron chi connectivity index (χ4n) is 8.28. The van der Waals surface area contributed by atoms with Crippen LogP contribution in [0.2, 0.25) is 0 Å². The maximum Gasteiger partial charge on any atom is 2.00 e. The van der Waals surface area contributed by atoms with Crippen molar-refractivity contribution in [3.05, 3.63) is 292 Å². The van der Waals surface area contributed by atoms with Gasteiger partial charge in [-0.2, -0.15) is 0 Å². The Hall–Kier alpha value is -8.58. The van der Waals surface area contributed by atoms with Gasteiger partial charge in [-0.15, -0.1) is 0 Å². The predicted octanol–water partition coefficient (Wildman–Crippen LogP) is 10.4. The van der Waals surface area contributed by atoms with Crippen molar-refractivity contribution in [1.82, 2.24) is 29.9 Å². The van der Waals surface area contributed by atoms with Gasteiger partial charge in [0.15, 0.2) is 0 Å². The first-order chi connectivity index (χ1) is 35.7. The molecule has 0 saturated heterocycles. The topological polar surface area (TPSA) is 77.3 Å². The van der Waals surface area contributed by atoms with E-state index in [1.54, 1.807) is 0 Å². The van der Waals surface area contributed by atoms with Crippen LogP contribution in [0.3, 0.4) is 0 Å². The Morgan fingerprint density at radius 3 is 0.427 bits per heavy atom. The van der Waals surface area contributed by atoms with Crippen LogP contribution >= 0.6 is 0 Å². The van der Waals surface area contributed by atoms with Crippen LogP contribution in [0, 0.1) is 0 Å². The van der Waals surface area contributed by atoms with Gasteiger partial charge in [-0.3, -0.25) is 29.9 Å². The summed E-state index contributed by atoms with van der Waals surface area (Å²) >= 11 is 0. The van der Waals surface area contributed by atoms with Gasteiger partial charge in [0.25, 0.3) is 0 Å². The van der Waals surface area contributed by atoms with Crippen LogP contribution in [0.1, 0.15) is 0 Å². The Kier molecular flexibility index (Phi) is 19.9. The molecule has 6 nitrogen and oxygen atoms in total. The molecule has 0 N–H and O–H groups in total. The van der Waals surface area contributed by atoms with Gasteiger partial charge in [0.05, 0.1) is 34.2 Å². The third-order valence-corrected chi connectivity index (χ3v) is 12.0. The van der Waals surface area contributed by atoms with Crippen LogP contribution in [0.25, 0.3) is 101 Å². The smallest absolute Gasteiger partial charge is 1.00 e. The number of nitrogens with zero attached hydrogens (tertiary/aromatic N) is 6. The van der Waals surface area contributed by atoms with Gasteiger partial charge >= 0.3 is 19.5 Å². The van der Waals surface area contributed by atoms with Crippen LogP contribution in [0.5, 0.6) is 0 Å². The summed E-state index contributed by atoms with van der Waals surface area (Å²) in [4.78, 5) is 27.0. The maximum absolute atomic E-state index is 4.51. The first kappa shape index (κ1) is 54.2. The van der Waals surface area contributed by atoms with E-state index in [0.717, 1.165) is 67.5 Å². The van der Waals surface area contributed by atoms with E-state index >= 15 is 0 Å². The molecule has 0 amide bonds. The first-order valence-electron chi connectivity index (χ1n) is 23.8. The third kappa shape index (κ3) is 14.3. The molecule has 0 bridgehead atoms. The predicted molar refractivity (Wildman–Crippen MR) is 295 cm³/mol. The van der Waals surface area contributed by atoms with Gasteiger partial charge < -0.3 is 24.8 Å². The second-order valence-electron chi connectivity index (χ2n) is 16.8. The van der Waals surface area contributed by atoms with Gasteiger partial charge in [0.2, 0.25) is 0 Å². The summed E-state index contributed by atoms with van der Waals surface area (Å²) in [6, 6.07) is 86.6. The summed E-state index contributed by atoms with van der Waals surface area (Å²) in [7, 11) is 0. The number of hydrogen-bond donors (Lipinski definition) is 0. The molecule has 0 atom stereocenters. The Morgan fingerprint density at radius 2 is 0.293 bits per heavy atom. The quantitative estimate of drug-likeness (QED) is 0.134. The summed E-state index contributed by atoms with van der Waals surface area (Å²) < 4.78 is 0. The molecule has 0 fully saturated rings. The normalized spacial score (nSPS) is 10.1. The van der Waals surface area contributed by atoms with Crippen LogP contribution < -0.4 is 24.8 Å². The largest absolute Gasteiger partial charge is 2.00 e. The number of halogens is 2. The van der Waals surface area contributed by atoms with Crippen molar-refractivity contribution < 1.29 is 44.3 Å². The summed E-state index contributed by atoms with van der Waals surface area (Å²) in [5, 5.41) is 0. The van der Waals surface area contributed by atoms with Crippen molar-refractivity contribution in [3.8, 4) is 101 Å². The number of pyridine rings is 6. The zero-order valence-corrected chi connectivity index (χ0v) is 43.8. The summed E-state index contributed by atoms with van der Waals surface area (Å²) in [5.41, 5.74) is 19.3. The molecule has 9 heteroatoms. The van der Waals surface area contributed by atoms with Crippen molar-refractivity contribution >= 4 is 0 Å². The number of rotatable bonds is 9. The first-order valence-corrected chi connectivity index (χ1v) is 23.8. The van der Waals surface area contributed by atoms with Gasteiger partial charge in [-0.1, -0.05) is 182 Å². The molecule has 6 aromatic heterocycles. The molecular formula is C66H48Cl2N6Ru. The van der Waals surface area contributed by atoms with Crippen molar-refractivity contribution in [2.24, 2.45) is 0 Å². The molecule has 0 saturated carbocycles. The molecule has 6 aromatic carbocycles. The maximum atomic E-state index is 4.51. The fourth-order valence-corrected chi connectivity index (χ4v) is 8.28. The van der Waals surface area contributed by atoms with E-state index in [2.05, 4.69) is 139 Å². The minimum Gasteiger partial charge on any atom is -1.00 e. The Balaban J connectivity index is 0.000000161. The van der Waals surface area contributed by atoms with E-state index in [9.17, 15) is 0 Å². The molecule has 364 valence electrons. The summed E-state index contributed by atoms with van der Waals surface area (Å²) in [5.74, 6) is 0. The van der Waals surface area contributed by atoms with E-state index in [1.807, 2.05) is 183 Å². The molecule has 0 aliphatic heterocycles. The Morgan fingerprint density at radius 1 is 0.160 bits per heavy atom. The average Bonchev–Trinajstić information content (AvgIpc) is 3.49. The molecule has 0 unspecified atom stereocenters. The molecule has 0 aliphatic rings. The molecule has 0 aliphatic carbocycles. The zero-order chi connectivity index (χ0) is 48.6. The van der Waals surface area contributed by atoms with Gasteiger partial charge in [0.1, 0.15) is 0 Å². The summed E-state index contributed by atoms with van der Waals surface area (Å²) in [6.45, 7) is 0. The van der Waals surface area contributed by atoms with Gasteiger partial charge in [-0.25, -0.2) is 0 Å². The van der Waals surface area contributed by atoms with Crippen molar-refractivity contribution in [1.29, 1.82) is 0 Å². The third-order valence-electron chi connectivity index (χ3n) is 12.0. The molecule has 12 rings (SSSR count). The van der Waals surface area contributed by atoms with E-state index in [0.29, 0.717) is 0 Å². The minimum absolute atomic E-state index is 0. The van der Waals surface area contributed by atoms with E-state index in [4.69, 9.17) is 0 Å². The van der Waals surface area contributed by atoms with E-state index in [-0.39, 0.29) is 44.3 Å². The summed E-state index contributed by atoms with van der Waals surface area (Å²) in [6.07, 6.45) is 11.1. The molecular weight excluding hydrogens is 1050 g/mol. The van der Waals surface area contributed by atoms with Gasteiger partial charge in [-0.05, 0) is 140 Å². The van der Waals surface area contributed by atoms with Crippen molar-refractivity contribution in [2.75, 3.05) is 0 Å². The van der Waals surface area contributed by atoms with Gasteiger partial charge in [0, 0.05) is 37.2 Å². The fraction of sp³-hybridized carbons (Fsp3) is 0. The van der Waals surface area contributed by atoms with Crippen LogP contribution in [0.15, 0.2) is 292 Å². The Bertz CT molecular complexity index is 3010. The van der Waals surface area contributed by atoms with Crippen LogP contribution in [-0.2, 0) is 19.5 Å².